The van der Waals surface area contributed by atoms with E-state index in [-0.39, 0.29) is 56.9 Å². The molecule has 4 heterocycles. The van der Waals surface area contributed by atoms with Crippen LogP contribution in [-0.4, -0.2) is 94.6 Å². The van der Waals surface area contributed by atoms with Crippen molar-refractivity contribution >= 4 is 36.7 Å². The van der Waals surface area contributed by atoms with Crippen LogP contribution in [0.5, 0.6) is 0 Å². The molecule has 0 N–H and O–H groups in total. The van der Waals surface area contributed by atoms with Crippen LogP contribution in [-0.2, 0) is 43.7 Å². The SMILES string of the molecule is CN(C)C=O.CN(C)C=O.O=C([O-])c1ccccn1.O=C([O-])c1ccccn1.O=C([O-])c1ccccn1.O=C([O-])c1ccccn1.[Fe+2].[Fe+2]. The van der Waals surface area contributed by atoms with Crippen LogP contribution in [0, 0.1) is 0 Å². The number of carbonyl (C=O) groups excluding carboxylic acids is 6. The number of rotatable bonds is 6. The summed E-state index contributed by atoms with van der Waals surface area (Å²) in [5.41, 5.74) is -0.120. The molecule has 4 rings (SSSR count). The van der Waals surface area contributed by atoms with Crippen molar-refractivity contribution in [2.75, 3.05) is 28.2 Å². The number of aromatic nitrogens is 4. The zero-order valence-corrected chi connectivity index (χ0v) is 28.1. The van der Waals surface area contributed by atoms with E-state index in [1.165, 1.54) is 58.9 Å². The number of carbonyl (C=O) groups is 6. The molecule has 0 spiro atoms. The molecule has 0 aliphatic rings. The zero-order valence-electron chi connectivity index (χ0n) is 25.9. The van der Waals surface area contributed by atoms with Crippen molar-refractivity contribution in [3.05, 3.63) is 120 Å². The predicted molar refractivity (Wildman–Crippen MR) is 154 cm³/mol. The standard InChI is InChI=1S/4C6H5NO2.2C3H7NO.2Fe/c4*8-6(9)5-3-1-2-4-7-5;2*1-4(2)3-5;;/h4*1-4H,(H,8,9);2*3H,1-2H3;;/q;;;;;;2*+2/p-4. The molecular weight excluding hydrogens is 716 g/mol. The van der Waals surface area contributed by atoms with Crippen molar-refractivity contribution < 1.29 is 83.3 Å². The Bertz CT molecular complexity index is 1230. The molecule has 4 aromatic rings. The van der Waals surface area contributed by atoms with E-state index < -0.39 is 23.9 Å². The number of hydrogen-bond donors (Lipinski definition) is 0. The monoisotopic (exact) mass is 746 g/mol. The van der Waals surface area contributed by atoms with Crippen LogP contribution in [0.1, 0.15) is 42.0 Å². The molecule has 0 bridgehead atoms. The second-order valence-corrected chi connectivity index (χ2v) is 8.15. The van der Waals surface area contributed by atoms with Crippen molar-refractivity contribution in [2.45, 2.75) is 0 Å². The molecule has 48 heavy (non-hydrogen) atoms. The predicted octanol–water partition coefficient (Wildman–Crippen LogP) is -2.82. The number of nitrogens with zero attached hydrogens (tertiary/aromatic N) is 6. The van der Waals surface area contributed by atoms with Crippen molar-refractivity contribution in [3.63, 3.8) is 0 Å². The first-order valence-electron chi connectivity index (χ1n) is 12.5. The average molecular weight is 746 g/mol. The average Bonchev–Trinajstić information content (AvgIpc) is 3.07. The van der Waals surface area contributed by atoms with Crippen molar-refractivity contribution in [2.24, 2.45) is 0 Å². The van der Waals surface area contributed by atoms with Crippen LogP contribution >= 0.6 is 0 Å². The smallest absolute Gasteiger partial charge is 0.543 e. The number of pyridine rings is 4. The Morgan fingerprint density at radius 3 is 0.688 bits per heavy atom. The minimum Gasteiger partial charge on any atom is -0.543 e. The number of hydrogen-bond acceptors (Lipinski definition) is 14. The van der Waals surface area contributed by atoms with Crippen molar-refractivity contribution in [1.29, 1.82) is 0 Å². The van der Waals surface area contributed by atoms with Crippen LogP contribution < -0.4 is 20.4 Å². The van der Waals surface area contributed by atoms with Gasteiger partial charge in [-0.05, 0) is 48.5 Å². The summed E-state index contributed by atoms with van der Waals surface area (Å²) in [6, 6.07) is 18.5. The third kappa shape index (κ3) is 29.2. The first-order chi connectivity index (χ1) is 21.8. The first kappa shape index (κ1) is 49.3. The summed E-state index contributed by atoms with van der Waals surface area (Å²) in [6.07, 6.45) is 7.13. The van der Waals surface area contributed by atoms with E-state index in [2.05, 4.69) is 19.9 Å². The minimum absolute atomic E-state index is 0. The fourth-order valence-electron chi connectivity index (χ4n) is 1.93. The van der Waals surface area contributed by atoms with E-state index in [1.807, 2.05) is 0 Å². The summed E-state index contributed by atoms with van der Waals surface area (Å²) in [4.78, 5) is 75.9. The summed E-state index contributed by atoms with van der Waals surface area (Å²) >= 11 is 0. The largest absolute Gasteiger partial charge is 2.00 e. The normalized spacial score (nSPS) is 8.08. The van der Waals surface area contributed by atoms with Crippen LogP contribution in [0.3, 0.4) is 0 Å². The molecule has 16 nitrogen and oxygen atoms in total. The van der Waals surface area contributed by atoms with Crippen molar-refractivity contribution in [1.82, 2.24) is 29.7 Å². The number of aromatic carboxylic acids is 4. The van der Waals surface area contributed by atoms with Gasteiger partial charge in [0.25, 0.3) is 0 Å². The van der Waals surface area contributed by atoms with Gasteiger partial charge in [-0.25, -0.2) is 0 Å². The van der Waals surface area contributed by atoms with E-state index in [0.29, 0.717) is 0 Å². The third-order valence-corrected chi connectivity index (χ3v) is 3.92. The first-order valence-corrected chi connectivity index (χ1v) is 12.5. The van der Waals surface area contributed by atoms with Gasteiger partial charge in [-0.1, -0.05) is 24.3 Å². The third-order valence-electron chi connectivity index (χ3n) is 3.92. The summed E-state index contributed by atoms with van der Waals surface area (Å²) in [5, 5.41) is 40.1. The Labute approximate surface area is 297 Å². The number of carboxylic acids is 4. The van der Waals surface area contributed by atoms with E-state index in [4.69, 9.17) is 0 Å². The van der Waals surface area contributed by atoms with Gasteiger partial charge in [-0.3, -0.25) is 29.5 Å². The number of carboxylic acid groups (broad SMARTS) is 4. The van der Waals surface area contributed by atoms with Gasteiger partial charge in [0.2, 0.25) is 12.8 Å². The van der Waals surface area contributed by atoms with Gasteiger partial charge in [0.05, 0.1) is 46.7 Å². The van der Waals surface area contributed by atoms with Gasteiger partial charge in [0, 0.05) is 53.0 Å². The Morgan fingerprint density at radius 2 is 0.625 bits per heavy atom. The van der Waals surface area contributed by atoms with Gasteiger partial charge in [-0.15, -0.1) is 0 Å². The molecule has 0 unspecified atom stereocenters. The second kappa shape index (κ2) is 31.4. The topological polar surface area (TPSA) is 253 Å². The zero-order chi connectivity index (χ0) is 35.3. The molecule has 0 aliphatic heterocycles. The van der Waals surface area contributed by atoms with Gasteiger partial charge in [-0.2, -0.15) is 0 Å². The van der Waals surface area contributed by atoms with E-state index in [0.717, 1.165) is 12.8 Å². The molecule has 256 valence electrons. The Morgan fingerprint density at radius 1 is 0.458 bits per heavy atom. The quantitative estimate of drug-likeness (QED) is 0.143. The van der Waals surface area contributed by atoms with Gasteiger partial charge >= 0.3 is 34.1 Å². The van der Waals surface area contributed by atoms with Gasteiger partial charge < -0.3 is 49.4 Å². The van der Waals surface area contributed by atoms with Gasteiger partial charge in [0.15, 0.2) is 0 Å². The van der Waals surface area contributed by atoms with Gasteiger partial charge in [0.1, 0.15) is 0 Å². The molecule has 0 fully saturated rings. The second-order valence-electron chi connectivity index (χ2n) is 8.15. The maximum absolute atomic E-state index is 10.0. The Kier molecular flexibility index (Phi) is 32.3. The van der Waals surface area contributed by atoms with E-state index in [9.17, 15) is 49.2 Å². The van der Waals surface area contributed by atoms with Crippen molar-refractivity contribution in [3.8, 4) is 0 Å². The molecular formula is C30H30Fe2N6O10. The Hall–Kier alpha value is -5.54. The molecule has 18 heteroatoms. The molecule has 4 aromatic heterocycles. The molecule has 2 amide bonds. The van der Waals surface area contributed by atoms with Crippen LogP contribution in [0.2, 0.25) is 0 Å². The van der Waals surface area contributed by atoms with E-state index in [1.54, 1.807) is 76.7 Å². The maximum atomic E-state index is 10.0. The summed E-state index contributed by atoms with van der Waals surface area (Å²) in [6.45, 7) is 0. The maximum Gasteiger partial charge on any atom is 2.00 e. The molecule has 0 saturated carbocycles. The fourth-order valence-corrected chi connectivity index (χ4v) is 1.93. The summed E-state index contributed by atoms with van der Waals surface area (Å²) < 4.78 is 0. The Balaban J connectivity index is -0.000000244. The number of amides is 2. The van der Waals surface area contributed by atoms with Crippen LogP contribution in [0.15, 0.2) is 97.6 Å². The van der Waals surface area contributed by atoms with Crippen LogP contribution in [0.25, 0.3) is 0 Å². The summed E-state index contributed by atoms with van der Waals surface area (Å²) in [7, 11) is 6.75. The molecule has 0 aliphatic carbocycles. The molecule has 0 saturated heterocycles. The molecule has 0 atom stereocenters. The molecule has 0 aromatic carbocycles. The minimum atomic E-state index is -1.24. The van der Waals surface area contributed by atoms with E-state index >= 15 is 0 Å². The fraction of sp³-hybridized carbons (Fsp3) is 0.133. The van der Waals surface area contributed by atoms with Crippen LogP contribution in [0.4, 0.5) is 0 Å². The molecule has 0 radical (unpaired) electrons. The summed E-state index contributed by atoms with van der Waals surface area (Å²) in [5.74, 6) is -4.96.